The smallest absolute Gasteiger partial charge is 0.238 e. The first kappa shape index (κ1) is 17.6. The standard InChI is InChI=1S/C18H24N4O3/c1-12(20-18(25)17-9-15(24)10-22(17)11-23)13-3-5-14(6-4-13)16-7-8-19-21(16)2/h3-8,12,15,17,23-24H,9-11H2,1-2H3,(H,20,25)/t12-,15+,17-/m0/s1. The van der Waals surface area contributed by atoms with Gasteiger partial charge in [-0.2, -0.15) is 5.10 Å². The third kappa shape index (κ3) is 3.73. The summed E-state index contributed by atoms with van der Waals surface area (Å²) in [6.45, 7) is 2.01. The molecule has 7 heteroatoms. The lowest BCUT2D eigenvalue weighted by molar-refractivity contribution is -0.127. The second-order valence-electron chi connectivity index (χ2n) is 6.51. The van der Waals surface area contributed by atoms with E-state index in [0.717, 1.165) is 16.8 Å². The van der Waals surface area contributed by atoms with E-state index in [0.29, 0.717) is 13.0 Å². The fraction of sp³-hybridized carbons (Fsp3) is 0.444. The van der Waals surface area contributed by atoms with Gasteiger partial charge in [0.15, 0.2) is 0 Å². The first-order valence-electron chi connectivity index (χ1n) is 8.41. The van der Waals surface area contributed by atoms with Crippen molar-refractivity contribution in [2.45, 2.75) is 31.5 Å². The molecule has 1 fully saturated rings. The first-order chi connectivity index (χ1) is 12.0. The lowest BCUT2D eigenvalue weighted by atomic mass is 10.0. The molecule has 0 bridgehead atoms. The number of carbonyl (C=O) groups excluding carboxylic acids is 1. The van der Waals surface area contributed by atoms with Crippen LogP contribution in [-0.2, 0) is 11.8 Å². The number of aliphatic hydroxyl groups is 2. The number of β-amino-alcohol motifs (C(OH)–C–C–N with tert-alkyl or cyclic N) is 1. The number of aryl methyl sites for hydroxylation is 1. The SMILES string of the molecule is C[C@H](NC(=O)[C@@H]1C[C@@H](O)CN1CO)c1ccc(-c2ccnn2C)cc1. The summed E-state index contributed by atoms with van der Waals surface area (Å²) in [5.41, 5.74) is 3.09. The van der Waals surface area contributed by atoms with Gasteiger partial charge in [0, 0.05) is 19.8 Å². The quantitative estimate of drug-likeness (QED) is 0.741. The van der Waals surface area contributed by atoms with Crippen molar-refractivity contribution in [2.24, 2.45) is 7.05 Å². The topological polar surface area (TPSA) is 90.6 Å². The Balaban J connectivity index is 1.66. The molecule has 134 valence electrons. The summed E-state index contributed by atoms with van der Waals surface area (Å²) in [6.07, 6.45) is 1.53. The molecule has 25 heavy (non-hydrogen) atoms. The van der Waals surface area contributed by atoms with E-state index in [-0.39, 0.29) is 18.7 Å². The average Bonchev–Trinajstić information content (AvgIpc) is 3.20. The maximum atomic E-state index is 12.5. The van der Waals surface area contributed by atoms with Gasteiger partial charge in [-0.05, 0) is 30.5 Å². The molecular formula is C18H24N4O3. The summed E-state index contributed by atoms with van der Waals surface area (Å²) >= 11 is 0. The van der Waals surface area contributed by atoms with Crippen molar-refractivity contribution in [3.63, 3.8) is 0 Å². The highest BCUT2D eigenvalue weighted by Gasteiger charge is 2.35. The van der Waals surface area contributed by atoms with Gasteiger partial charge in [0.25, 0.3) is 0 Å². The predicted molar refractivity (Wildman–Crippen MR) is 93.4 cm³/mol. The fourth-order valence-electron chi connectivity index (χ4n) is 3.30. The molecule has 1 aromatic carbocycles. The highest BCUT2D eigenvalue weighted by molar-refractivity contribution is 5.82. The molecule has 0 unspecified atom stereocenters. The second kappa shape index (κ2) is 7.35. The van der Waals surface area contributed by atoms with E-state index in [4.69, 9.17) is 0 Å². The molecule has 3 rings (SSSR count). The van der Waals surface area contributed by atoms with E-state index in [1.54, 1.807) is 11.1 Å². The van der Waals surface area contributed by atoms with Gasteiger partial charge >= 0.3 is 0 Å². The van der Waals surface area contributed by atoms with Gasteiger partial charge in [-0.25, -0.2) is 0 Å². The zero-order valence-corrected chi connectivity index (χ0v) is 14.5. The van der Waals surface area contributed by atoms with Crippen LogP contribution in [-0.4, -0.2) is 56.2 Å². The second-order valence-corrected chi connectivity index (χ2v) is 6.51. The monoisotopic (exact) mass is 344 g/mol. The van der Waals surface area contributed by atoms with Crippen LogP contribution in [0.3, 0.4) is 0 Å². The highest BCUT2D eigenvalue weighted by Crippen LogP contribution is 2.22. The molecule has 1 aliphatic heterocycles. The van der Waals surface area contributed by atoms with E-state index < -0.39 is 12.1 Å². The number of likely N-dealkylation sites (tertiary alicyclic amines) is 1. The van der Waals surface area contributed by atoms with Crippen molar-refractivity contribution in [3.8, 4) is 11.3 Å². The molecule has 7 nitrogen and oxygen atoms in total. The van der Waals surface area contributed by atoms with E-state index in [9.17, 15) is 15.0 Å². The fourth-order valence-corrected chi connectivity index (χ4v) is 3.30. The van der Waals surface area contributed by atoms with Crippen LogP contribution in [0.2, 0.25) is 0 Å². The summed E-state index contributed by atoms with van der Waals surface area (Å²) in [5, 5.41) is 26.2. The lowest BCUT2D eigenvalue weighted by Crippen LogP contribution is -2.44. The number of rotatable bonds is 5. The number of hydrogen-bond donors (Lipinski definition) is 3. The van der Waals surface area contributed by atoms with Gasteiger partial charge in [0.2, 0.25) is 5.91 Å². The molecule has 1 saturated heterocycles. The minimum absolute atomic E-state index is 0.161. The van der Waals surface area contributed by atoms with Crippen LogP contribution in [0.1, 0.15) is 24.9 Å². The van der Waals surface area contributed by atoms with Crippen molar-refractivity contribution in [3.05, 3.63) is 42.1 Å². The average molecular weight is 344 g/mol. The van der Waals surface area contributed by atoms with Gasteiger partial charge < -0.3 is 15.5 Å². The van der Waals surface area contributed by atoms with Gasteiger partial charge in [-0.1, -0.05) is 24.3 Å². The zero-order valence-electron chi connectivity index (χ0n) is 14.5. The Morgan fingerprint density at radius 3 is 2.68 bits per heavy atom. The molecule has 0 aliphatic carbocycles. The van der Waals surface area contributed by atoms with E-state index in [2.05, 4.69) is 10.4 Å². The van der Waals surface area contributed by atoms with Gasteiger partial charge in [0.1, 0.15) is 0 Å². The molecule has 3 atom stereocenters. The van der Waals surface area contributed by atoms with Crippen LogP contribution in [0.15, 0.2) is 36.5 Å². The Labute approximate surface area is 146 Å². The Morgan fingerprint density at radius 2 is 2.08 bits per heavy atom. The number of nitrogens with one attached hydrogen (secondary N) is 1. The highest BCUT2D eigenvalue weighted by atomic mass is 16.3. The summed E-state index contributed by atoms with van der Waals surface area (Å²) in [6, 6.07) is 9.29. The number of benzene rings is 1. The van der Waals surface area contributed by atoms with Crippen LogP contribution in [0.25, 0.3) is 11.3 Å². The summed E-state index contributed by atoms with van der Waals surface area (Å²) in [5.74, 6) is -0.172. The molecule has 0 radical (unpaired) electrons. The molecule has 0 saturated carbocycles. The van der Waals surface area contributed by atoms with Crippen molar-refractivity contribution < 1.29 is 15.0 Å². The van der Waals surface area contributed by atoms with Crippen LogP contribution in [0.5, 0.6) is 0 Å². The number of aliphatic hydroxyl groups excluding tert-OH is 2. The number of aromatic nitrogens is 2. The molecule has 0 spiro atoms. The Hall–Kier alpha value is -2.22. The van der Waals surface area contributed by atoms with Crippen LogP contribution >= 0.6 is 0 Å². The lowest BCUT2D eigenvalue weighted by Gasteiger charge is -2.23. The number of amides is 1. The maximum Gasteiger partial charge on any atom is 0.238 e. The van der Waals surface area contributed by atoms with E-state index in [1.807, 2.05) is 49.0 Å². The van der Waals surface area contributed by atoms with Crippen molar-refractivity contribution in [1.29, 1.82) is 0 Å². The van der Waals surface area contributed by atoms with E-state index in [1.165, 1.54) is 0 Å². The van der Waals surface area contributed by atoms with E-state index >= 15 is 0 Å². The third-order valence-corrected chi connectivity index (χ3v) is 4.75. The largest absolute Gasteiger partial charge is 0.392 e. The van der Waals surface area contributed by atoms with Crippen molar-refractivity contribution >= 4 is 5.91 Å². The zero-order chi connectivity index (χ0) is 18.0. The molecule has 2 heterocycles. The molecule has 1 aliphatic rings. The van der Waals surface area contributed by atoms with Crippen LogP contribution in [0, 0.1) is 0 Å². The maximum absolute atomic E-state index is 12.5. The normalized spacial score (nSPS) is 22.1. The molecular weight excluding hydrogens is 320 g/mol. The van der Waals surface area contributed by atoms with Crippen LogP contribution in [0.4, 0.5) is 0 Å². The van der Waals surface area contributed by atoms with Crippen molar-refractivity contribution in [2.75, 3.05) is 13.3 Å². The number of carbonyl (C=O) groups is 1. The number of hydrogen-bond acceptors (Lipinski definition) is 5. The summed E-state index contributed by atoms with van der Waals surface area (Å²) in [4.78, 5) is 14.0. The Morgan fingerprint density at radius 1 is 1.36 bits per heavy atom. The Bertz CT molecular complexity index is 728. The molecule has 1 aromatic heterocycles. The minimum atomic E-state index is -0.573. The van der Waals surface area contributed by atoms with Gasteiger partial charge in [-0.3, -0.25) is 14.4 Å². The minimum Gasteiger partial charge on any atom is -0.392 e. The van der Waals surface area contributed by atoms with Gasteiger partial charge in [0.05, 0.1) is 30.6 Å². The Kier molecular flexibility index (Phi) is 5.17. The summed E-state index contributed by atoms with van der Waals surface area (Å²) in [7, 11) is 1.90. The van der Waals surface area contributed by atoms with Crippen LogP contribution < -0.4 is 5.32 Å². The molecule has 1 amide bonds. The molecule has 2 aromatic rings. The predicted octanol–water partition coefficient (Wildman–Crippen LogP) is 0.649. The van der Waals surface area contributed by atoms with Gasteiger partial charge in [-0.15, -0.1) is 0 Å². The summed E-state index contributed by atoms with van der Waals surface area (Å²) < 4.78 is 1.81. The first-order valence-corrected chi connectivity index (χ1v) is 8.41. The third-order valence-electron chi connectivity index (χ3n) is 4.75. The molecule has 3 N–H and O–H groups in total. The number of nitrogens with zero attached hydrogens (tertiary/aromatic N) is 3. The van der Waals surface area contributed by atoms with Crippen molar-refractivity contribution in [1.82, 2.24) is 20.0 Å².